The molecule has 0 spiro atoms. The van der Waals surface area contributed by atoms with E-state index in [1.165, 1.54) is 35.4 Å². The summed E-state index contributed by atoms with van der Waals surface area (Å²) in [6.07, 6.45) is 3.76. The monoisotopic (exact) mass is 406 g/mol. The first kappa shape index (κ1) is 20.4. The number of carbonyl (C=O) groups excluding carboxylic acids is 2. The Labute approximate surface area is 178 Å². The quantitative estimate of drug-likeness (QED) is 0.682. The predicted molar refractivity (Wildman–Crippen MR) is 119 cm³/mol. The normalized spacial score (nSPS) is 19.8. The number of rotatable bonds is 6. The molecular formula is C24H30N4O2. The molecule has 2 fully saturated rings. The van der Waals surface area contributed by atoms with Crippen molar-refractivity contribution in [2.24, 2.45) is 0 Å². The highest BCUT2D eigenvalue weighted by Gasteiger charge is 2.43. The van der Waals surface area contributed by atoms with E-state index in [1.807, 2.05) is 42.3 Å². The summed E-state index contributed by atoms with van der Waals surface area (Å²) in [6.45, 7) is 4.93. The smallest absolute Gasteiger partial charge is 0.333 e. The summed E-state index contributed by atoms with van der Waals surface area (Å²) in [6, 6.07) is 17.1. The topological polar surface area (TPSA) is 47.1 Å². The van der Waals surface area contributed by atoms with E-state index in [0.717, 1.165) is 18.8 Å². The molecule has 2 aromatic rings. The van der Waals surface area contributed by atoms with Gasteiger partial charge in [0.2, 0.25) is 0 Å². The van der Waals surface area contributed by atoms with Crippen LogP contribution in [0.1, 0.15) is 31.7 Å². The third kappa shape index (κ3) is 4.05. The minimum absolute atomic E-state index is 0.153. The Hall–Kier alpha value is -2.86. The summed E-state index contributed by atoms with van der Waals surface area (Å²) in [5.41, 5.74) is 3.25. The summed E-state index contributed by atoms with van der Waals surface area (Å²) >= 11 is 0. The van der Waals surface area contributed by atoms with Crippen molar-refractivity contribution in [2.75, 3.05) is 36.6 Å². The Morgan fingerprint density at radius 3 is 2.33 bits per heavy atom. The van der Waals surface area contributed by atoms with E-state index >= 15 is 0 Å². The molecule has 2 heterocycles. The molecule has 0 aliphatic carbocycles. The molecule has 4 rings (SSSR count). The zero-order chi connectivity index (χ0) is 21.1. The molecule has 6 nitrogen and oxygen atoms in total. The fourth-order valence-corrected chi connectivity index (χ4v) is 4.45. The van der Waals surface area contributed by atoms with E-state index in [1.54, 1.807) is 11.8 Å². The van der Waals surface area contributed by atoms with Gasteiger partial charge >= 0.3 is 6.03 Å². The average molecular weight is 407 g/mol. The summed E-state index contributed by atoms with van der Waals surface area (Å²) in [7, 11) is 1.96. The molecule has 158 valence electrons. The van der Waals surface area contributed by atoms with Gasteiger partial charge in [-0.1, -0.05) is 36.4 Å². The Balaban J connectivity index is 1.46. The van der Waals surface area contributed by atoms with Gasteiger partial charge in [-0.15, -0.1) is 0 Å². The van der Waals surface area contributed by atoms with Crippen molar-refractivity contribution in [1.82, 2.24) is 9.80 Å². The average Bonchev–Trinajstić information content (AvgIpc) is 2.98. The van der Waals surface area contributed by atoms with Crippen LogP contribution in [0.5, 0.6) is 0 Å². The molecule has 30 heavy (non-hydrogen) atoms. The van der Waals surface area contributed by atoms with Crippen LogP contribution in [0.2, 0.25) is 0 Å². The molecule has 0 radical (unpaired) electrons. The molecule has 2 saturated heterocycles. The van der Waals surface area contributed by atoms with Crippen molar-refractivity contribution in [3.8, 4) is 0 Å². The van der Waals surface area contributed by atoms with Gasteiger partial charge in [-0.25, -0.2) is 9.69 Å². The molecule has 2 aliphatic heterocycles. The van der Waals surface area contributed by atoms with Crippen LogP contribution in [0, 0.1) is 0 Å². The van der Waals surface area contributed by atoms with Gasteiger partial charge in [0.1, 0.15) is 6.04 Å². The van der Waals surface area contributed by atoms with Gasteiger partial charge in [-0.2, -0.15) is 0 Å². The van der Waals surface area contributed by atoms with Gasteiger partial charge in [-0.3, -0.25) is 14.6 Å². The van der Waals surface area contributed by atoms with E-state index in [2.05, 4.69) is 29.2 Å². The highest BCUT2D eigenvalue weighted by Crippen LogP contribution is 2.27. The molecule has 3 amide bonds. The zero-order valence-corrected chi connectivity index (χ0v) is 17.8. The number of benzene rings is 2. The van der Waals surface area contributed by atoms with Crippen molar-refractivity contribution in [3.05, 3.63) is 60.2 Å². The van der Waals surface area contributed by atoms with Gasteiger partial charge in [-0.05, 0) is 57.0 Å². The lowest BCUT2D eigenvalue weighted by atomic mass is 10.1. The van der Waals surface area contributed by atoms with Crippen LogP contribution >= 0.6 is 0 Å². The number of piperidine rings is 1. The van der Waals surface area contributed by atoms with Crippen molar-refractivity contribution in [3.63, 3.8) is 0 Å². The van der Waals surface area contributed by atoms with E-state index in [9.17, 15) is 9.59 Å². The fraction of sp³-hybridized carbons (Fsp3) is 0.417. The molecule has 0 bridgehead atoms. The third-order valence-electron chi connectivity index (χ3n) is 5.99. The number of amides is 3. The number of imide groups is 1. The van der Waals surface area contributed by atoms with E-state index in [4.69, 9.17) is 0 Å². The second-order valence-corrected chi connectivity index (χ2v) is 8.26. The minimum Gasteiger partial charge on any atom is -0.371 e. The van der Waals surface area contributed by atoms with Crippen molar-refractivity contribution in [1.29, 1.82) is 0 Å². The minimum atomic E-state index is -0.492. The Morgan fingerprint density at radius 1 is 0.933 bits per heavy atom. The number of nitrogens with zero attached hydrogens (tertiary/aromatic N) is 4. The highest BCUT2D eigenvalue weighted by molar-refractivity contribution is 6.14. The van der Waals surface area contributed by atoms with Crippen LogP contribution in [0.25, 0.3) is 0 Å². The second-order valence-electron chi connectivity index (χ2n) is 8.26. The molecule has 2 aromatic carbocycles. The third-order valence-corrected chi connectivity index (χ3v) is 5.99. The van der Waals surface area contributed by atoms with Gasteiger partial charge < -0.3 is 4.90 Å². The molecule has 0 N–H and O–H groups in total. The van der Waals surface area contributed by atoms with E-state index in [-0.39, 0.29) is 18.6 Å². The maximum absolute atomic E-state index is 13.0. The SMILES string of the molecule is CC1C(=O)N(CN(C)Cc2ccccc2N2CCCCC2)C(=O)N1c1ccccc1. The molecule has 6 heteroatoms. The molecule has 1 unspecified atom stereocenters. The molecule has 0 saturated carbocycles. The molecular weight excluding hydrogens is 376 g/mol. The van der Waals surface area contributed by atoms with Gasteiger partial charge in [0.15, 0.2) is 0 Å². The van der Waals surface area contributed by atoms with Crippen LogP contribution in [0.3, 0.4) is 0 Å². The summed E-state index contributed by atoms with van der Waals surface area (Å²) in [5, 5.41) is 0. The lowest BCUT2D eigenvalue weighted by Gasteiger charge is -2.32. The first-order valence-electron chi connectivity index (χ1n) is 10.8. The van der Waals surface area contributed by atoms with Crippen molar-refractivity contribution in [2.45, 2.75) is 38.8 Å². The number of urea groups is 1. The van der Waals surface area contributed by atoms with Crippen LogP contribution in [0.4, 0.5) is 16.2 Å². The lowest BCUT2D eigenvalue weighted by Crippen LogP contribution is -2.40. The van der Waals surface area contributed by atoms with Gasteiger partial charge in [0.25, 0.3) is 5.91 Å². The maximum Gasteiger partial charge on any atom is 0.333 e. The highest BCUT2D eigenvalue weighted by atomic mass is 16.2. The van der Waals surface area contributed by atoms with Gasteiger partial charge in [0, 0.05) is 31.0 Å². The van der Waals surface area contributed by atoms with Crippen LogP contribution < -0.4 is 9.80 Å². The lowest BCUT2D eigenvalue weighted by molar-refractivity contribution is -0.128. The number of para-hydroxylation sites is 2. The van der Waals surface area contributed by atoms with Crippen LogP contribution in [0.15, 0.2) is 54.6 Å². The van der Waals surface area contributed by atoms with Crippen LogP contribution in [-0.4, -0.2) is 54.6 Å². The summed E-state index contributed by atoms with van der Waals surface area (Å²) in [5.74, 6) is -0.153. The predicted octanol–water partition coefficient (Wildman–Crippen LogP) is 3.92. The molecule has 0 aromatic heterocycles. The van der Waals surface area contributed by atoms with E-state index in [0.29, 0.717) is 6.54 Å². The number of hydrogen-bond acceptors (Lipinski definition) is 4. The standard InChI is InChI=1S/C24H30N4O2/c1-19-23(29)27(24(30)28(19)21-12-5-3-6-13-21)18-25(2)17-20-11-7-8-14-22(20)26-15-9-4-10-16-26/h3,5-8,11-14,19H,4,9-10,15-18H2,1-2H3. The number of hydrogen-bond donors (Lipinski definition) is 0. The largest absolute Gasteiger partial charge is 0.371 e. The molecule has 1 atom stereocenters. The molecule has 2 aliphatic rings. The van der Waals surface area contributed by atoms with Crippen molar-refractivity contribution < 1.29 is 9.59 Å². The Bertz CT molecular complexity index is 895. The first-order valence-corrected chi connectivity index (χ1v) is 10.8. The first-order chi connectivity index (χ1) is 14.6. The summed E-state index contributed by atoms with van der Waals surface area (Å²) < 4.78 is 0. The van der Waals surface area contributed by atoms with Crippen LogP contribution in [-0.2, 0) is 11.3 Å². The fourth-order valence-electron chi connectivity index (χ4n) is 4.45. The summed E-state index contributed by atoms with van der Waals surface area (Å²) in [4.78, 5) is 33.3. The Morgan fingerprint density at radius 2 is 1.60 bits per heavy atom. The van der Waals surface area contributed by atoms with E-state index < -0.39 is 6.04 Å². The van der Waals surface area contributed by atoms with Crippen molar-refractivity contribution >= 4 is 23.3 Å². The number of carbonyl (C=O) groups is 2. The Kier molecular flexibility index (Phi) is 6.04. The van der Waals surface area contributed by atoms with Gasteiger partial charge in [0.05, 0.1) is 6.67 Å². The maximum atomic E-state index is 13.0. The zero-order valence-electron chi connectivity index (χ0n) is 17.8. The second kappa shape index (κ2) is 8.88. The number of anilines is 2.